The van der Waals surface area contributed by atoms with Crippen LogP contribution in [0.1, 0.15) is 125 Å². The Morgan fingerprint density at radius 3 is 2.29 bits per heavy atom. The van der Waals surface area contributed by atoms with E-state index in [9.17, 15) is 38.0 Å². The van der Waals surface area contributed by atoms with Gasteiger partial charge in [0.05, 0.1) is 62.1 Å². The van der Waals surface area contributed by atoms with Gasteiger partial charge in [-0.3, -0.25) is 23.2 Å². The molecule has 82 heavy (non-hydrogen) atoms. The van der Waals surface area contributed by atoms with E-state index in [1.807, 2.05) is 12.1 Å². The van der Waals surface area contributed by atoms with Crippen molar-refractivity contribution in [3.05, 3.63) is 117 Å². The molecule has 6 N–H and O–H groups in total. The fourth-order valence-electron chi connectivity index (χ4n) is 10.9. The monoisotopic (exact) mass is 1270 g/mol. The van der Waals surface area contributed by atoms with Crippen LogP contribution < -0.4 is 46.4 Å². The minimum absolute atomic E-state index is 0.00304. The molecule has 440 valence electrons. The number of ether oxygens (including phenoxy) is 2. The van der Waals surface area contributed by atoms with Crippen LogP contribution in [0.2, 0.25) is 20.1 Å². The smallest absolute Gasteiger partial charge is 0.487 e. The zero-order chi connectivity index (χ0) is 60.3. The van der Waals surface area contributed by atoms with Crippen molar-refractivity contribution < 1.29 is 65.5 Å². The molecule has 3 aromatic carbocycles. The van der Waals surface area contributed by atoms with Crippen molar-refractivity contribution in [3.8, 4) is 23.3 Å². The van der Waals surface area contributed by atoms with Crippen LogP contribution in [-0.4, -0.2) is 98.0 Å². The van der Waals surface area contributed by atoms with E-state index in [1.54, 1.807) is 7.05 Å². The number of allylic oxidation sites excluding steroid dienone is 2. The predicted octanol–water partition coefficient (Wildman–Crippen LogP) is 7.93. The second-order valence-corrected chi connectivity index (χ2v) is 26.8. The standard InChI is InChI=1S/C53H60Cl4N7O15P3/c1-10-63-36-22-38-34(20-32(36)28(3)24-52(63,5)6)42(35-21-33-29(4)25-53(7,8)64(11-2)37(33)23-39(35)77-38)43-44(46(55)48(57)47(56)45(43)54)50(66)61(9)19-13-15-40(65)59-18-12-14-30-26-62(51(67)60-49(30)58)41-17-16-31(76-41)27-75-81(71,72)79-82(73,74)78-80(68,69)70/h20-26,31,41H,10-11,13,15-19,27H2,1-9H3,(H6-,58,59,60,65,67,68,69,70,71,72,73,74)/t31-,41+/m0/s1. The minimum Gasteiger partial charge on any atom is -0.756 e. The quantitative estimate of drug-likeness (QED) is 0.0194. The number of aromatic nitrogens is 2. The van der Waals surface area contributed by atoms with Crippen LogP contribution in [0.25, 0.3) is 16.7 Å². The van der Waals surface area contributed by atoms with Crippen LogP contribution in [0.5, 0.6) is 11.5 Å². The molecule has 0 radical (unpaired) electrons. The summed E-state index contributed by atoms with van der Waals surface area (Å²) in [6.45, 7) is 17.6. The highest BCUT2D eigenvalue weighted by molar-refractivity contribution is 7.66. The number of hydrogen-bond acceptors (Lipinski definition) is 15. The Kier molecular flexibility index (Phi) is 18.4. The molecule has 4 aliphatic rings. The second kappa shape index (κ2) is 23.9. The number of nitrogens with one attached hydrogen (secondary N) is 1. The molecule has 0 saturated carbocycles. The summed E-state index contributed by atoms with van der Waals surface area (Å²) < 4.78 is 62.6. The normalized spacial score (nSPS) is 19.8. The Bertz CT molecular complexity index is 3840. The Labute approximate surface area is 492 Å². The van der Waals surface area contributed by atoms with Crippen LogP contribution in [0.3, 0.4) is 0 Å². The Morgan fingerprint density at radius 2 is 1.62 bits per heavy atom. The van der Waals surface area contributed by atoms with Gasteiger partial charge in [0.1, 0.15) is 30.1 Å². The summed E-state index contributed by atoms with van der Waals surface area (Å²) in [6, 6.07) is 8.21. The van der Waals surface area contributed by atoms with E-state index in [-0.39, 0.29) is 92.4 Å². The number of phosphoric ester groups is 1. The maximum absolute atomic E-state index is 15.1. The van der Waals surface area contributed by atoms with Gasteiger partial charge < -0.3 is 49.9 Å². The van der Waals surface area contributed by atoms with E-state index >= 15 is 4.79 Å². The largest absolute Gasteiger partial charge is 0.756 e. The fourth-order valence-corrected chi connectivity index (χ4v) is 15.0. The van der Waals surface area contributed by atoms with Crippen molar-refractivity contribution in [1.82, 2.24) is 24.3 Å². The van der Waals surface area contributed by atoms with E-state index in [2.05, 4.69) is 124 Å². The number of anilines is 2. The van der Waals surface area contributed by atoms with Gasteiger partial charge in [-0.25, -0.2) is 22.8 Å². The van der Waals surface area contributed by atoms with Crippen LogP contribution in [0.15, 0.2) is 47.4 Å². The average Bonchev–Trinajstić information content (AvgIpc) is 1.19. The second-order valence-electron chi connectivity index (χ2n) is 21.0. The third-order valence-electron chi connectivity index (χ3n) is 14.3. The minimum atomic E-state index is -5.84. The number of carbonyl (C=O) groups is 2. The molecular formula is C53H60Cl4N7O15P3. The van der Waals surface area contributed by atoms with Gasteiger partial charge in [-0.05, 0) is 90.2 Å². The maximum atomic E-state index is 15.1. The van der Waals surface area contributed by atoms with Gasteiger partial charge in [-0.1, -0.05) is 64.3 Å². The summed E-state index contributed by atoms with van der Waals surface area (Å²) in [5, 5.41) is 4.08. The SMILES string of the molecule is CCN1c2cc3c(cc2C(C)=CC1(C)C)C(c1c(Cl)c(Cl)c(Cl)c(Cl)c1C(=O)N(C)CCCC(=O)NCC#Cc1cn([C@H]2CC[C@@H](COP(=O)(O)OP(=O)(O)OP(=O)([O-])O)O2)c(=O)nc1N)=c1cc2c(cc1O3)=[N+](CC)C(C)(C)C=C2C. The molecule has 5 atom stereocenters. The van der Waals surface area contributed by atoms with E-state index in [1.165, 1.54) is 11.1 Å². The number of nitrogens with two attached hydrogens (primary N) is 1. The molecule has 29 heteroatoms. The zero-order valence-corrected chi connectivity index (χ0v) is 51.7. The predicted molar refractivity (Wildman–Crippen MR) is 310 cm³/mol. The van der Waals surface area contributed by atoms with E-state index < -0.39 is 59.9 Å². The van der Waals surface area contributed by atoms with Crippen molar-refractivity contribution in [2.24, 2.45) is 0 Å². The van der Waals surface area contributed by atoms with E-state index in [0.717, 1.165) is 37.9 Å². The molecule has 0 bridgehead atoms. The van der Waals surface area contributed by atoms with Crippen LogP contribution in [0.4, 0.5) is 11.5 Å². The summed E-state index contributed by atoms with van der Waals surface area (Å²) in [7, 11) is -15.5. The lowest BCUT2D eigenvalue weighted by Crippen LogP contribution is -2.49. The van der Waals surface area contributed by atoms with Crippen molar-refractivity contribution >= 4 is 110 Å². The molecule has 8 rings (SSSR count). The molecule has 5 heterocycles. The third-order valence-corrected chi connectivity index (χ3v) is 19.9. The summed E-state index contributed by atoms with van der Waals surface area (Å²) in [5.74, 6) is 5.43. The number of nitrogen functional groups attached to an aromatic ring is 1. The lowest BCUT2D eigenvalue weighted by molar-refractivity contribution is -0.212. The van der Waals surface area contributed by atoms with Crippen LogP contribution in [0, 0.1) is 11.8 Å². The maximum Gasteiger partial charge on any atom is 0.487 e. The number of halogens is 4. The summed E-state index contributed by atoms with van der Waals surface area (Å²) in [5.41, 5.74) is 11.1. The Balaban J connectivity index is 1.01. The molecule has 4 aliphatic heterocycles. The third kappa shape index (κ3) is 13.2. The molecule has 0 spiro atoms. The van der Waals surface area contributed by atoms with Crippen molar-refractivity contribution in [2.45, 2.75) is 104 Å². The number of amides is 2. The average molecular weight is 1270 g/mol. The highest BCUT2D eigenvalue weighted by Gasteiger charge is 2.41. The van der Waals surface area contributed by atoms with Gasteiger partial charge in [0.25, 0.3) is 13.7 Å². The lowest BCUT2D eigenvalue weighted by Gasteiger charge is -2.43. The van der Waals surface area contributed by atoms with Crippen LogP contribution >= 0.6 is 69.9 Å². The first kappa shape index (κ1) is 63.1. The zero-order valence-electron chi connectivity index (χ0n) is 46.0. The summed E-state index contributed by atoms with van der Waals surface area (Å²) in [4.78, 5) is 87.1. The fraction of sp³-hybridized carbons (Fsp3) is 0.415. The first-order valence-corrected chi connectivity index (χ1v) is 31.7. The molecule has 4 aromatic rings. The number of hydrogen-bond donors (Lipinski definition) is 5. The number of carbonyl (C=O) groups excluding carboxylic acids is 2. The molecule has 22 nitrogen and oxygen atoms in total. The number of likely N-dealkylation sites (N-methyl/N-ethyl adjacent to an activating group) is 2. The van der Waals surface area contributed by atoms with Gasteiger partial charge >= 0.3 is 21.3 Å². The number of fused-ring (bicyclic) bond motifs is 4. The number of phosphoric acid groups is 3. The molecule has 2 amide bonds. The summed E-state index contributed by atoms with van der Waals surface area (Å²) in [6.07, 6.45) is 4.18. The molecular weight excluding hydrogens is 1210 g/mol. The molecule has 1 fully saturated rings. The van der Waals surface area contributed by atoms with Crippen molar-refractivity contribution in [3.63, 3.8) is 0 Å². The van der Waals surface area contributed by atoms with Crippen molar-refractivity contribution in [1.29, 1.82) is 0 Å². The number of nitrogens with zero attached hydrogens (tertiary/aromatic N) is 5. The van der Waals surface area contributed by atoms with Crippen molar-refractivity contribution in [2.75, 3.05) is 50.5 Å². The molecule has 1 aromatic heterocycles. The van der Waals surface area contributed by atoms with Crippen LogP contribution in [-0.2, 0) is 36.4 Å². The van der Waals surface area contributed by atoms with E-state index in [4.69, 9.17) is 66.5 Å². The number of benzene rings is 3. The van der Waals surface area contributed by atoms with E-state index in [0.29, 0.717) is 40.9 Å². The van der Waals surface area contributed by atoms with Gasteiger partial charge in [0, 0.05) is 91.4 Å². The van der Waals surface area contributed by atoms with Gasteiger partial charge in [-0.15, -0.1) is 0 Å². The van der Waals surface area contributed by atoms with Gasteiger partial charge in [0.15, 0.2) is 5.54 Å². The first-order valence-electron chi connectivity index (χ1n) is 25.7. The highest BCUT2D eigenvalue weighted by Crippen LogP contribution is 2.65. The molecule has 0 aliphatic carbocycles. The lowest BCUT2D eigenvalue weighted by atomic mass is 9.83. The molecule has 3 unspecified atom stereocenters. The summed E-state index contributed by atoms with van der Waals surface area (Å²) >= 11 is 28.3. The topological polar surface area (TPSA) is 298 Å². The molecule has 1 saturated heterocycles. The van der Waals surface area contributed by atoms with Gasteiger partial charge in [0.2, 0.25) is 11.3 Å². The highest BCUT2D eigenvalue weighted by atomic mass is 35.5. The Morgan fingerprint density at radius 1 is 0.939 bits per heavy atom. The first-order chi connectivity index (χ1) is 38.2. The number of rotatable bonds is 17. The Hall–Kier alpha value is -4.88. The van der Waals surface area contributed by atoms with Gasteiger partial charge in [-0.2, -0.15) is 9.29 Å².